The van der Waals surface area contributed by atoms with Gasteiger partial charge in [-0.15, -0.1) is 11.8 Å². The molecular weight excluding hydrogens is 227 g/mol. The van der Waals surface area contributed by atoms with E-state index in [0.29, 0.717) is 0 Å². The van der Waals surface area contributed by atoms with Gasteiger partial charge in [0.15, 0.2) is 0 Å². The molecule has 0 aliphatic carbocycles. The lowest BCUT2D eigenvalue weighted by molar-refractivity contribution is -0.137. The van der Waals surface area contributed by atoms with Crippen molar-refractivity contribution in [2.24, 2.45) is 0 Å². The van der Waals surface area contributed by atoms with Crippen molar-refractivity contribution in [1.82, 2.24) is 4.98 Å². The van der Waals surface area contributed by atoms with Gasteiger partial charge in [-0.25, -0.2) is 4.98 Å². The van der Waals surface area contributed by atoms with E-state index < -0.39 is 11.7 Å². The van der Waals surface area contributed by atoms with Crippen molar-refractivity contribution in [2.75, 3.05) is 6.61 Å². The van der Waals surface area contributed by atoms with Crippen molar-refractivity contribution < 1.29 is 18.3 Å². The number of aliphatic hydroxyl groups excluding tert-OH is 1. The first-order valence-electron chi connectivity index (χ1n) is 4.24. The Morgan fingerprint density at radius 1 is 1.53 bits per heavy atom. The molecule has 0 bridgehead atoms. The summed E-state index contributed by atoms with van der Waals surface area (Å²) in [6.45, 7) is 1.62. The van der Waals surface area contributed by atoms with Crippen molar-refractivity contribution in [3.8, 4) is 0 Å². The molecule has 84 valence electrons. The Hall–Kier alpha value is -0.750. The zero-order chi connectivity index (χ0) is 11.5. The summed E-state index contributed by atoms with van der Waals surface area (Å²) < 4.78 is 36.9. The predicted octanol–water partition coefficient (Wildman–Crippen LogP) is 2.57. The Balaban J connectivity index is 2.84. The van der Waals surface area contributed by atoms with Gasteiger partial charge in [0.25, 0.3) is 0 Å². The summed E-state index contributed by atoms with van der Waals surface area (Å²) in [7, 11) is 0. The molecule has 1 N–H and O–H groups in total. The molecule has 0 aliphatic heterocycles. The SMILES string of the molecule is CC(CO)Sc1cc(C(F)(F)F)ccn1. The highest BCUT2D eigenvalue weighted by atomic mass is 32.2. The van der Waals surface area contributed by atoms with Crippen molar-refractivity contribution in [3.63, 3.8) is 0 Å². The lowest BCUT2D eigenvalue weighted by atomic mass is 10.3. The van der Waals surface area contributed by atoms with E-state index >= 15 is 0 Å². The normalized spacial score (nSPS) is 13.9. The third-order valence-corrected chi connectivity index (χ3v) is 2.66. The Bertz CT molecular complexity index is 329. The summed E-state index contributed by atoms with van der Waals surface area (Å²) in [5.74, 6) is 0. The van der Waals surface area contributed by atoms with Crippen LogP contribution in [0.25, 0.3) is 0 Å². The van der Waals surface area contributed by atoms with Crippen molar-refractivity contribution >= 4 is 11.8 Å². The summed E-state index contributed by atoms with van der Waals surface area (Å²) in [5, 5.41) is 8.86. The van der Waals surface area contributed by atoms with E-state index in [1.807, 2.05) is 0 Å². The number of halogens is 3. The maximum atomic E-state index is 12.3. The number of thioether (sulfide) groups is 1. The van der Waals surface area contributed by atoms with Crippen LogP contribution in [0.5, 0.6) is 0 Å². The smallest absolute Gasteiger partial charge is 0.395 e. The fourth-order valence-electron chi connectivity index (χ4n) is 0.894. The molecule has 6 heteroatoms. The van der Waals surface area contributed by atoms with Gasteiger partial charge < -0.3 is 5.11 Å². The number of alkyl halides is 3. The third-order valence-electron chi connectivity index (χ3n) is 1.64. The van der Waals surface area contributed by atoms with Crippen molar-refractivity contribution in [2.45, 2.75) is 23.4 Å². The molecule has 2 nitrogen and oxygen atoms in total. The highest BCUT2D eigenvalue weighted by Crippen LogP contribution is 2.31. The highest BCUT2D eigenvalue weighted by Gasteiger charge is 2.30. The summed E-state index contributed by atoms with van der Waals surface area (Å²) in [5.41, 5.74) is -0.717. The van der Waals surface area contributed by atoms with E-state index in [1.54, 1.807) is 6.92 Å². The maximum absolute atomic E-state index is 12.3. The summed E-state index contributed by atoms with van der Waals surface area (Å²) >= 11 is 1.11. The number of nitrogens with zero attached hydrogens (tertiary/aromatic N) is 1. The molecule has 1 atom stereocenters. The third kappa shape index (κ3) is 3.71. The van der Waals surface area contributed by atoms with Crippen molar-refractivity contribution in [3.05, 3.63) is 23.9 Å². The minimum absolute atomic E-state index is 0.0947. The second kappa shape index (κ2) is 4.85. The van der Waals surface area contributed by atoms with Crippen LogP contribution in [-0.4, -0.2) is 21.9 Å². The van der Waals surface area contributed by atoms with E-state index in [-0.39, 0.29) is 16.9 Å². The van der Waals surface area contributed by atoms with Gasteiger partial charge in [0.1, 0.15) is 0 Å². The van der Waals surface area contributed by atoms with Crippen LogP contribution < -0.4 is 0 Å². The van der Waals surface area contributed by atoms with E-state index in [1.165, 1.54) is 0 Å². The first-order valence-corrected chi connectivity index (χ1v) is 5.12. The lowest BCUT2D eigenvalue weighted by Crippen LogP contribution is -2.06. The summed E-state index contributed by atoms with van der Waals surface area (Å²) in [6, 6.07) is 1.91. The fourth-order valence-corrected chi connectivity index (χ4v) is 1.70. The fraction of sp³-hybridized carbons (Fsp3) is 0.444. The topological polar surface area (TPSA) is 33.1 Å². The number of aliphatic hydroxyl groups is 1. The molecule has 0 saturated heterocycles. The van der Waals surface area contributed by atoms with Gasteiger partial charge in [-0.2, -0.15) is 13.2 Å². The zero-order valence-electron chi connectivity index (χ0n) is 7.95. The van der Waals surface area contributed by atoms with Crippen LogP contribution >= 0.6 is 11.8 Å². The van der Waals surface area contributed by atoms with E-state index in [0.717, 1.165) is 30.1 Å². The first-order chi connectivity index (χ1) is 6.93. The monoisotopic (exact) mass is 237 g/mol. The summed E-state index contributed by atoms with van der Waals surface area (Å²) in [6.07, 6.45) is -3.23. The molecule has 1 rings (SSSR count). The van der Waals surface area contributed by atoms with E-state index in [9.17, 15) is 13.2 Å². The second-order valence-electron chi connectivity index (χ2n) is 2.99. The van der Waals surface area contributed by atoms with Crippen molar-refractivity contribution in [1.29, 1.82) is 0 Å². The number of rotatable bonds is 3. The van der Waals surface area contributed by atoms with Crippen LogP contribution in [0.3, 0.4) is 0 Å². The molecule has 0 radical (unpaired) electrons. The predicted molar refractivity (Wildman–Crippen MR) is 51.6 cm³/mol. The molecule has 1 aromatic heterocycles. The number of hydrogen-bond donors (Lipinski definition) is 1. The Kier molecular flexibility index (Phi) is 3.98. The molecular formula is C9H10F3NOS. The standard InChI is InChI=1S/C9H10F3NOS/c1-6(5-14)15-8-4-7(2-3-13-8)9(10,11)12/h2-4,6,14H,5H2,1H3. The Labute approximate surface area is 89.5 Å². The molecule has 0 aromatic carbocycles. The number of aromatic nitrogens is 1. The van der Waals surface area contributed by atoms with Crippen LogP contribution in [0.1, 0.15) is 12.5 Å². The van der Waals surface area contributed by atoms with Gasteiger partial charge in [0.2, 0.25) is 0 Å². The molecule has 1 aromatic rings. The number of hydrogen-bond acceptors (Lipinski definition) is 3. The molecule has 1 unspecified atom stereocenters. The van der Waals surface area contributed by atoms with Crippen LogP contribution in [0.2, 0.25) is 0 Å². The summed E-state index contributed by atoms with van der Waals surface area (Å²) in [4.78, 5) is 3.79. The second-order valence-corrected chi connectivity index (χ2v) is 4.45. The van der Waals surface area contributed by atoms with Gasteiger partial charge in [-0.1, -0.05) is 6.92 Å². The minimum atomic E-state index is -4.35. The number of pyridine rings is 1. The molecule has 0 fully saturated rings. The molecule has 0 spiro atoms. The largest absolute Gasteiger partial charge is 0.416 e. The first kappa shape index (κ1) is 12.3. The van der Waals surface area contributed by atoms with Gasteiger partial charge in [-0.05, 0) is 12.1 Å². The molecule has 15 heavy (non-hydrogen) atoms. The van der Waals surface area contributed by atoms with Crippen LogP contribution in [-0.2, 0) is 6.18 Å². The van der Waals surface area contributed by atoms with Crippen LogP contribution in [0.15, 0.2) is 23.4 Å². The molecule has 0 aliphatic rings. The molecule has 1 heterocycles. The zero-order valence-corrected chi connectivity index (χ0v) is 8.77. The van der Waals surface area contributed by atoms with Crippen LogP contribution in [0.4, 0.5) is 13.2 Å². The average Bonchev–Trinajstić information content (AvgIpc) is 2.17. The van der Waals surface area contributed by atoms with E-state index in [4.69, 9.17) is 5.11 Å². The molecule has 0 amide bonds. The van der Waals surface area contributed by atoms with E-state index in [2.05, 4.69) is 4.98 Å². The van der Waals surface area contributed by atoms with Gasteiger partial charge in [0.05, 0.1) is 17.2 Å². The Morgan fingerprint density at radius 3 is 2.73 bits per heavy atom. The maximum Gasteiger partial charge on any atom is 0.416 e. The van der Waals surface area contributed by atoms with Gasteiger partial charge in [0, 0.05) is 11.4 Å². The lowest BCUT2D eigenvalue weighted by Gasteiger charge is -2.09. The minimum Gasteiger partial charge on any atom is -0.395 e. The Morgan fingerprint density at radius 2 is 2.20 bits per heavy atom. The average molecular weight is 237 g/mol. The van der Waals surface area contributed by atoms with Gasteiger partial charge >= 0.3 is 6.18 Å². The van der Waals surface area contributed by atoms with Crippen LogP contribution in [0, 0.1) is 0 Å². The quantitative estimate of drug-likeness (QED) is 0.820. The molecule has 0 saturated carbocycles. The highest BCUT2D eigenvalue weighted by molar-refractivity contribution is 7.99. The van der Waals surface area contributed by atoms with Gasteiger partial charge in [-0.3, -0.25) is 0 Å².